The molecule has 0 bridgehead atoms. The molecule has 0 spiro atoms. The highest BCUT2D eigenvalue weighted by Crippen LogP contribution is 2.30. The second-order valence-electron chi connectivity index (χ2n) is 4.87. The van der Waals surface area contributed by atoms with Crippen molar-refractivity contribution in [2.24, 2.45) is 11.7 Å². The summed E-state index contributed by atoms with van der Waals surface area (Å²) in [5, 5.41) is 3.49. The molecule has 0 aliphatic heterocycles. The van der Waals surface area contributed by atoms with Crippen LogP contribution in [0.25, 0.3) is 0 Å². The molecule has 0 saturated heterocycles. The van der Waals surface area contributed by atoms with Crippen molar-refractivity contribution in [2.45, 2.75) is 38.6 Å². The van der Waals surface area contributed by atoms with Gasteiger partial charge in [-0.15, -0.1) is 0 Å². The third-order valence-corrected chi connectivity index (χ3v) is 3.64. The molecule has 3 heteroatoms. The number of amides is 1. The van der Waals surface area contributed by atoms with E-state index in [1.165, 1.54) is 25.7 Å². The van der Waals surface area contributed by atoms with E-state index in [1.54, 1.807) is 6.07 Å². The summed E-state index contributed by atoms with van der Waals surface area (Å²) in [4.78, 5) is 11.1. The third-order valence-electron chi connectivity index (χ3n) is 3.64. The Balaban J connectivity index is 1.99. The summed E-state index contributed by atoms with van der Waals surface area (Å²) in [7, 11) is 0. The van der Waals surface area contributed by atoms with Crippen molar-refractivity contribution >= 4 is 11.6 Å². The summed E-state index contributed by atoms with van der Waals surface area (Å²) in [5.41, 5.74) is 6.84. The van der Waals surface area contributed by atoms with Gasteiger partial charge in [-0.2, -0.15) is 0 Å². The average Bonchev–Trinajstić information content (AvgIpc) is 2.77. The van der Waals surface area contributed by atoms with Gasteiger partial charge >= 0.3 is 0 Å². The molecular weight excluding hydrogens is 212 g/mol. The Kier molecular flexibility index (Phi) is 3.67. The van der Waals surface area contributed by atoms with Crippen LogP contribution in [0.3, 0.4) is 0 Å². The maximum absolute atomic E-state index is 11.1. The van der Waals surface area contributed by atoms with Crippen LogP contribution in [0.1, 0.15) is 43.0 Å². The standard InChI is InChI=1S/C14H20N2O/c1-2-10-6-7-13(8-10)16-12-5-3-4-11(9-12)14(15)17/h3-5,9-10,13,16H,2,6-8H2,1H3,(H2,15,17). The summed E-state index contributed by atoms with van der Waals surface area (Å²) in [6.45, 7) is 2.25. The number of carbonyl (C=O) groups is 1. The van der Waals surface area contributed by atoms with Gasteiger partial charge in [-0.1, -0.05) is 19.4 Å². The Bertz CT molecular complexity index is 403. The molecular formula is C14H20N2O. The van der Waals surface area contributed by atoms with Gasteiger partial charge in [0.2, 0.25) is 5.91 Å². The summed E-state index contributed by atoms with van der Waals surface area (Å²) in [5.74, 6) is 0.485. The minimum absolute atomic E-state index is 0.369. The molecule has 0 heterocycles. The van der Waals surface area contributed by atoms with Crippen molar-refractivity contribution in [3.05, 3.63) is 29.8 Å². The average molecular weight is 232 g/mol. The van der Waals surface area contributed by atoms with Crippen molar-refractivity contribution in [3.8, 4) is 0 Å². The van der Waals surface area contributed by atoms with Gasteiger partial charge < -0.3 is 11.1 Å². The van der Waals surface area contributed by atoms with Gasteiger partial charge in [0, 0.05) is 17.3 Å². The van der Waals surface area contributed by atoms with E-state index in [0.29, 0.717) is 11.6 Å². The van der Waals surface area contributed by atoms with Crippen LogP contribution in [-0.4, -0.2) is 11.9 Å². The zero-order valence-corrected chi connectivity index (χ0v) is 10.3. The number of nitrogens with two attached hydrogens (primary N) is 1. The van der Waals surface area contributed by atoms with Crippen molar-refractivity contribution in [2.75, 3.05) is 5.32 Å². The predicted octanol–water partition coefficient (Wildman–Crippen LogP) is 2.78. The summed E-state index contributed by atoms with van der Waals surface area (Å²) >= 11 is 0. The lowest BCUT2D eigenvalue weighted by Crippen LogP contribution is -2.16. The number of hydrogen-bond acceptors (Lipinski definition) is 2. The van der Waals surface area contributed by atoms with E-state index >= 15 is 0 Å². The number of nitrogens with one attached hydrogen (secondary N) is 1. The van der Waals surface area contributed by atoms with Gasteiger partial charge in [-0.25, -0.2) is 0 Å². The van der Waals surface area contributed by atoms with Gasteiger partial charge in [0.05, 0.1) is 0 Å². The van der Waals surface area contributed by atoms with Gasteiger partial charge in [-0.05, 0) is 43.4 Å². The van der Waals surface area contributed by atoms with Gasteiger partial charge in [-0.3, -0.25) is 4.79 Å². The first kappa shape index (κ1) is 12.0. The van der Waals surface area contributed by atoms with Crippen LogP contribution in [0.4, 0.5) is 5.69 Å². The molecule has 1 aliphatic rings. The van der Waals surface area contributed by atoms with E-state index in [-0.39, 0.29) is 5.91 Å². The molecule has 0 aromatic heterocycles. The van der Waals surface area contributed by atoms with E-state index in [4.69, 9.17) is 5.73 Å². The zero-order chi connectivity index (χ0) is 12.3. The summed E-state index contributed by atoms with van der Waals surface area (Å²) < 4.78 is 0. The lowest BCUT2D eigenvalue weighted by molar-refractivity contribution is 0.100. The monoisotopic (exact) mass is 232 g/mol. The molecule has 1 aromatic rings. The number of benzene rings is 1. The van der Waals surface area contributed by atoms with Crippen LogP contribution >= 0.6 is 0 Å². The molecule has 2 rings (SSSR count). The highest BCUT2D eigenvalue weighted by Gasteiger charge is 2.22. The molecule has 1 amide bonds. The second kappa shape index (κ2) is 5.21. The minimum atomic E-state index is -0.369. The largest absolute Gasteiger partial charge is 0.382 e. The Morgan fingerprint density at radius 2 is 2.29 bits per heavy atom. The molecule has 1 aliphatic carbocycles. The number of anilines is 1. The first-order valence-electron chi connectivity index (χ1n) is 6.35. The number of rotatable bonds is 4. The van der Waals surface area contributed by atoms with E-state index in [9.17, 15) is 4.79 Å². The maximum Gasteiger partial charge on any atom is 0.248 e. The Hall–Kier alpha value is -1.51. The second-order valence-corrected chi connectivity index (χ2v) is 4.87. The van der Waals surface area contributed by atoms with Gasteiger partial charge in [0.1, 0.15) is 0 Å². The van der Waals surface area contributed by atoms with Crippen molar-refractivity contribution in [1.82, 2.24) is 0 Å². The topological polar surface area (TPSA) is 55.1 Å². The van der Waals surface area contributed by atoms with Crippen LogP contribution in [-0.2, 0) is 0 Å². The molecule has 3 nitrogen and oxygen atoms in total. The molecule has 17 heavy (non-hydrogen) atoms. The van der Waals surface area contributed by atoms with Crippen molar-refractivity contribution in [3.63, 3.8) is 0 Å². The Labute approximate surface area is 102 Å². The smallest absolute Gasteiger partial charge is 0.248 e. The number of carbonyl (C=O) groups excluding carboxylic acids is 1. The lowest BCUT2D eigenvalue weighted by atomic mass is 10.1. The first-order chi connectivity index (χ1) is 8.19. The first-order valence-corrected chi connectivity index (χ1v) is 6.35. The fourth-order valence-corrected chi connectivity index (χ4v) is 2.57. The highest BCUT2D eigenvalue weighted by molar-refractivity contribution is 5.93. The van der Waals surface area contributed by atoms with E-state index in [0.717, 1.165) is 11.6 Å². The van der Waals surface area contributed by atoms with Crippen LogP contribution < -0.4 is 11.1 Å². The quantitative estimate of drug-likeness (QED) is 0.838. The summed E-state index contributed by atoms with van der Waals surface area (Å²) in [6.07, 6.45) is 5.03. The number of hydrogen-bond donors (Lipinski definition) is 2. The lowest BCUT2D eigenvalue weighted by Gasteiger charge is -2.14. The van der Waals surface area contributed by atoms with Crippen molar-refractivity contribution in [1.29, 1.82) is 0 Å². The molecule has 2 atom stereocenters. The molecule has 92 valence electrons. The molecule has 2 unspecified atom stereocenters. The normalized spacial score (nSPS) is 23.6. The van der Waals surface area contributed by atoms with Crippen LogP contribution in [0, 0.1) is 5.92 Å². The highest BCUT2D eigenvalue weighted by atomic mass is 16.1. The van der Waals surface area contributed by atoms with Gasteiger partial charge in [0.25, 0.3) is 0 Å². The molecule has 1 saturated carbocycles. The van der Waals surface area contributed by atoms with Crippen LogP contribution in [0.5, 0.6) is 0 Å². The SMILES string of the molecule is CCC1CCC(Nc2cccc(C(N)=O)c2)C1. The number of primary amides is 1. The molecule has 3 N–H and O–H groups in total. The fraction of sp³-hybridized carbons (Fsp3) is 0.500. The van der Waals surface area contributed by atoms with Crippen LogP contribution in [0.15, 0.2) is 24.3 Å². The maximum atomic E-state index is 11.1. The van der Waals surface area contributed by atoms with E-state index in [2.05, 4.69) is 12.2 Å². The van der Waals surface area contributed by atoms with E-state index < -0.39 is 0 Å². The third kappa shape index (κ3) is 2.99. The Morgan fingerprint density at radius 1 is 1.47 bits per heavy atom. The van der Waals surface area contributed by atoms with Gasteiger partial charge in [0.15, 0.2) is 0 Å². The van der Waals surface area contributed by atoms with Crippen molar-refractivity contribution < 1.29 is 4.79 Å². The summed E-state index contributed by atoms with van der Waals surface area (Å²) in [6, 6.07) is 7.99. The van der Waals surface area contributed by atoms with Crippen LogP contribution in [0.2, 0.25) is 0 Å². The molecule has 1 fully saturated rings. The molecule has 0 radical (unpaired) electrons. The zero-order valence-electron chi connectivity index (χ0n) is 10.3. The minimum Gasteiger partial charge on any atom is -0.382 e. The fourth-order valence-electron chi connectivity index (χ4n) is 2.57. The molecule has 1 aromatic carbocycles. The predicted molar refractivity (Wildman–Crippen MR) is 70.0 cm³/mol. The van der Waals surface area contributed by atoms with E-state index in [1.807, 2.05) is 18.2 Å². The Morgan fingerprint density at radius 3 is 2.94 bits per heavy atom.